The van der Waals surface area contributed by atoms with E-state index in [1.807, 2.05) is 0 Å². The standard InChI is InChI=1S/C9H9N5O3/c10-8(15)6-1-5(17-14-6)2-12-9(16)7-3-11-4-13-7/h1,3-4H,2H2,(H2,10,15)(H,11,13)(H,12,16). The zero-order chi connectivity index (χ0) is 12.3. The van der Waals surface area contributed by atoms with E-state index < -0.39 is 5.91 Å². The molecule has 0 fully saturated rings. The summed E-state index contributed by atoms with van der Waals surface area (Å²) in [4.78, 5) is 28.6. The van der Waals surface area contributed by atoms with Crippen LogP contribution in [0.5, 0.6) is 0 Å². The van der Waals surface area contributed by atoms with E-state index >= 15 is 0 Å². The lowest BCUT2D eigenvalue weighted by Gasteiger charge is -1.98. The first-order valence-electron chi connectivity index (χ1n) is 4.69. The van der Waals surface area contributed by atoms with Crippen molar-refractivity contribution in [1.29, 1.82) is 0 Å². The third-order valence-corrected chi connectivity index (χ3v) is 1.98. The van der Waals surface area contributed by atoms with E-state index in [4.69, 9.17) is 10.3 Å². The van der Waals surface area contributed by atoms with Crippen LogP contribution in [0.3, 0.4) is 0 Å². The lowest BCUT2D eigenvalue weighted by Crippen LogP contribution is -2.22. The number of nitrogens with two attached hydrogens (primary N) is 1. The zero-order valence-electron chi connectivity index (χ0n) is 8.64. The first kappa shape index (κ1) is 10.9. The quantitative estimate of drug-likeness (QED) is 0.653. The average Bonchev–Trinajstić information content (AvgIpc) is 2.97. The van der Waals surface area contributed by atoms with Gasteiger partial charge >= 0.3 is 0 Å². The third kappa shape index (κ3) is 2.48. The number of rotatable bonds is 4. The molecule has 4 N–H and O–H groups in total. The molecular weight excluding hydrogens is 226 g/mol. The van der Waals surface area contributed by atoms with Gasteiger partial charge in [-0.15, -0.1) is 0 Å². The van der Waals surface area contributed by atoms with Gasteiger partial charge in [-0.2, -0.15) is 0 Å². The molecule has 0 saturated heterocycles. The van der Waals surface area contributed by atoms with E-state index in [1.165, 1.54) is 18.6 Å². The molecule has 0 aliphatic rings. The molecule has 2 rings (SSSR count). The minimum Gasteiger partial charge on any atom is -0.364 e. The van der Waals surface area contributed by atoms with Gasteiger partial charge in [-0.05, 0) is 0 Å². The lowest BCUT2D eigenvalue weighted by molar-refractivity contribution is 0.0940. The van der Waals surface area contributed by atoms with Crippen LogP contribution in [-0.4, -0.2) is 26.9 Å². The minimum atomic E-state index is -0.681. The van der Waals surface area contributed by atoms with Gasteiger partial charge in [-0.1, -0.05) is 5.16 Å². The van der Waals surface area contributed by atoms with Crippen LogP contribution in [0, 0.1) is 0 Å². The van der Waals surface area contributed by atoms with Gasteiger partial charge in [0.2, 0.25) is 0 Å². The summed E-state index contributed by atoms with van der Waals surface area (Å²) in [5.41, 5.74) is 5.36. The van der Waals surface area contributed by atoms with Crippen molar-refractivity contribution in [3.8, 4) is 0 Å². The first-order chi connectivity index (χ1) is 8.16. The Kier molecular flexibility index (Phi) is 2.86. The number of carbonyl (C=O) groups excluding carboxylic acids is 2. The molecule has 2 amide bonds. The largest absolute Gasteiger partial charge is 0.364 e. The maximum Gasteiger partial charge on any atom is 0.270 e. The summed E-state index contributed by atoms with van der Waals surface area (Å²) in [6, 6.07) is 1.37. The monoisotopic (exact) mass is 235 g/mol. The van der Waals surface area contributed by atoms with E-state index in [0.717, 1.165) is 0 Å². The number of primary amides is 1. The van der Waals surface area contributed by atoms with Crippen molar-refractivity contribution in [2.45, 2.75) is 6.54 Å². The highest BCUT2D eigenvalue weighted by atomic mass is 16.5. The normalized spacial score (nSPS) is 10.1. The van der Waals surface area contributed by atoms with Crippen LogP contribution >= 0.6 is 0 Å². The van der Waals surface area contributed by atoms with E-state index in [2.05, 4.69) is 20.4 Å². The predicted octanol–water partition coefficient (Wildman–Crippen LogP) is -0.573. The highest BCUT2D eigenvalue weighted by molar-refractivity contribution is 5.92. The summed E-state index contributed by atoms with van der Waals surface area (Å²) >= 11 is 0. The van der Waals surface area contributed by atoms with Crippen molar-refractivity contribution >= 4 is 11.8 Å². The van der Waals surface area contributed by atoms with Crippen molar-refractivity contribution < 1.29 is 14.1 Å². The summed E-state index contributed by atoms with van der Waals surface area (Å²) in [7, 11) is 0. The van der Waals surface area contributed by atoms with Gasteiger partial charge < -0.3 is 20.6 Å². The molecule has 2 aromatic heterocycles. The molecule has 17 heavy (non-hydrogen) atoms. The number of nitrogens with zero attached hydrogens (tertiary/aromatic N) is 2. The van der Waals surface area contributed by atoms with E-state index in [-0.39, 0.29) is 18.1 Å². The van der Waals surface area contributed by atoms with Gasteiger partial charge in [-0.3, -0.25) is 9.59 Å². The molecule has 8 nitrogen and oxygen atoms in total. The lowest BCUT2D eigenvalue weighted by atomic mass is 10.3. The molecule has 2 heterocycles. The number of aromatic nitrogens is 3. The van der Waals surface area contributed by atoms with E-state index in [0.29, 0.717) is 11.5 Å². The molecule has 0 bridgehead atoms. The number of amides is 2. The number of hydrogen-bond donors (Lipinski definition) is 3. The zero-order valence-corrected chi connectivity index (χ0v) is 8.64. The Labute approximate surface area is 95.2 Å². The molecule has 88 valence electrons. The Morgan fingerprint density at radius 2 is 2.35 bits per heavy atom. The number of carbonyl (C=O) groups is 2. The Hall–Kier alpha value is -2.64. The first-order valence-corrected chi connectivity index (χ1v) is 4.69. The van der Waals surface area contributed by atoms with Gasteiger partial charge in [0.15, 0.2) is 11.5 Å². The second-order valence-corrected chi connectivity index (χ2v) is 3.19. The van der Waals surface area contributed by atoms with Gasteiger partial charge in [0.1, 0.15) is 5.69 Å². The fraction of sp³-hybridized carbons (Fsp3) is 0.111. The predicted molar refractivity (Wildman–Crippen MR) is 54.8 cm³/mol. The molecule has 0 aromatic carbocycles. The second-order valence-electron chi connectivity index (χ2n) is 3.19. The number of hydrogen-bond acceptors (Lipinski definition) is 5. The molecule has 2 aromatic rings. The SMILES string of the molecule is NC(=O)c1cc(CNC(=O)c2cnc[nH]2)on1. The molecule has 8 heteroatoms. The average molecular weight is 235 g/mol. The second kappa shape index (κ2) is 4.47. The van der Waals surface area contributed by atoms with Crippen LogP contribution < -0.4 is 11.1 Å². The Balaban J connectivity index is 1.93. The highest BCUT2D eigenvalue weighted by Crippen LogP contribution is 2.02. The summed E-state index contributed by atoms with van der Waals surface area (Å²) in [6.07, 6.45) is 2.79. The number of H-pyrrole nitrogens is 1. The van der Waals surface area contributed by atoms with Crippen molar-refractivity contribution in [3.05, 3.63) is 35.7 Å². The van der Waals surface area contributed by atoms with E-state index in [1.54, 1.807) is 0 Å². The van der Waals surface area contributed by atoms with Gasteiger partial charge in [0.25, 0.3) is 11.8 Å². The molecule has 0 spiro atoms. The molecule has 0 radical (unpaired) electrons. The van der Waals surface area contributed by atoms with Gasteiger partial charge in [-0.25, -0.2) is 4.98 Å². The van der Waals surface area contributed by atoms with Crippen LogP contribution in [0.2, 0.25) is 0 Å². The molecule has 0 saturated carbocycles. The highest BCUT2D eigenvalue weighted by Gasteiger charge is 2.11. The molecule has 0 atom stereocenters. The van der Waals surface area contributed by atoms with Gasteiger partial charge in [0, 0.05) is 6.07 Å². The Morgan fingerprint density at radius 1 is 1.53 bits per heavy atom. The summed E-state index contributed by atoms with van der Waals surface area (Å²) < 4.78 is 4.80. The van der Waals surface area contributed by atoms with Crippen molar-refractivity contribution in [3.63, 3.8) is 0 Å². The third-order valence-electron chi connectivity index (χ3n) is 1.98. The summed E-state index contributed by atoms with van der Waals surface area (Å²) in [6.45, 7) is 0.109. The van der Waals surface area contributed by atoms with Crippen LogP contribution in [0.25, 0.3) is 0 Å². The topological polar surface area (TPSA) is 127 Å². The Bertz CT molecular complexity index is 531. The maximum absolute atomic E-state index is 11.5. The number of aromatic amines is 1. The van der Waals surface area contributed by atoms with Crippen LogP contribution in [0.4, 0.5) is 0 Å². The molecular formula is C9H9N5O3. The molecule has 0 aliphatic heterocycles. The van der Waals surface area contributed by atoms with E-state index in [9.17, 15) is 9.59 Å². The maximum atomic E-state index is 11.5. The number of imidazole rings is 1. The van der Waals surface area contributed by atoms with Crippen molar-refractivity contribution in [2.75, 3.05) is 0 Å². The minimum absolute atomic E-state index is 0.0239. The van der Waals surface area contributed by atoms with Gasteiger partial charge in [0.05, 0.1) is 19.1 Å². The Morgan fingerprint density at radius 3 is 2.94 bits per heavy atom. The number of nitrogens with one attached hydrogen (secondary N) is 2. The van der Waals surface area contributed by atoms with Crippen LogP contribution in [0.1, 0.15) is 26.7 Å². The van der Waals surface area contributed by atoms with Crippen molar-refractivity contribution in [1.82, 2.24) is 20.4 Å². The molecule has 0 aliphatic carbocycles. The smallest absolute Gasteiger partial charge is 0.270 e. The summed E-state index contributed by atoms with van der Waals surface area (Å²) in [5, 5.41) is 5.99. The van der Waals surface area contributed by atoms with Crippen molar-refractivity contribution in [2.24, 2.45) is 5.73 Å². The van der Waals surface area contributed by atoms with Crippen LogP contribution in [-0.2, 0) is 6.54 Å². The summed E-state index contributed by atoms with van der Waals surface area (Å²) in [5.74, 6) is -0.675. The van der Waals surface area contributed by atoms with Crippen LogP contribution in [0.15, 0.2) is 23.1 Å². The fourth-order valence-corrected chi connectivity index (χ4v) is 1.16. The fourth-order valence-electron chi connectivity index (χ4n) is 1.16. The molecule has 0 unspecified atom stereocenters.